The van der Waals surface area contributed by atoms with Crippen LogP contribution >= 0.6 is 0 Å². The molecule has 3 saturated carbocycles. The molecule has 5 aliphatic rings. The summed E-state index contributed by atoms with van der Waals surface area (Å²) in [6.45, 7) is 5.51. The Morgan fingerprint density at radius 2 is 2.07 bits per heavy atom. The molecule has 1 aliphatic heterocycles. The lowest BCUT2D eigenvalue weighted by atomic mass is 9.46. The molecule has 2 N–H and O–H groups in total. The van der Waals surface area contributed by atoms with E-state index in [0.29, 0.717) is 6.42 Å². The van der Waals surface area contributed by atoms with Gasteiger partial charge in [0.05, 0.1) is 6.10 Å². The van der Waals surface area contributed by atoms with E-state index in [2.05, 4.69) is 6.92 Å². The summed E-state index contributed by atoms with van der Waals surface area (Å²) in [5.74, 6) is -0.193. The molecule has 4 aliphatic carbocycles. The van der Waals surface area contributed by atoms with Gasteiger partial charge in [-0.05, 0) is 62.5 Å². The maximum Gasteiger partial charge on any atom is 0.190 e. The quantitative estimate of drug-likeness (QED) is 0.724. The van der Waals surface area contributed by atoms with Gasteiger partial charge in [0.15, 0.2) is 11.6 Å². The first-order valence-electron chi connectivity index (χ1n) is 10.1. The molecule has 1 heterocycles. The van der Waals surface area contributed by atoms with E-state index in [4.69, 9.17) is 4.74 Å². The third-order valence-electron chi connectivity index (χ3n) is 9.08. The molecule has 1 saturated heterocycles. The van der Waals surface area contributed by atoms with Gasteiger partial charge in [-0.2, -0.15) is 0 Å². The SMILES string of the molecule is C[C@@H]1CC2C3CCC4=CC(=O)C=C[C@]4(C)C34OC4C[C@]2(C)[C@@]1(O)C(=O)CO. The first-order valence-corrected chi connectivity index (χ1v) is 10.1. The van der Waals surface area contributed by atoms with Crippen LogP contribution in [0.15, 0.2) is 23.8 Å². The number of Topliss-reactive ketones (excluding diaryl/α,β-unsaturated/α-hetero) is 1. The molecule has 4 unspecified atom stereocenters. The zero-order valence-corrected chi connectivity index (χ0v) is 16.2. The highest BCUT2D eigenvalue weighted by molar-refractivity contribution is 6.01. The summed E-state index contributed by atoms with van der Waals surface area (Å²) in [6, 6.07) is 0. The summed E-state index contributed by atoms with van der Waals surface area (Å²) in [5, 5.41) is 21.0. The van der Waals surface area contributed by atoms with Crippen LogP contribution in [0.25, 0.3) is 0 Å². The average molecular weight is 372 g/mol. The number of hydrogen-bond donors (Lipinski definition) is 2. The second kappa shape index (κ2) is 5.00. The Morgan fingerprint density at radius 1 is 1.33 bits per heavy atom. The zero-order chi connectivity index (χ0) is 19.4. The molecule has 0 aromatic rings. The molecule has 27 heavy (non-hydrogen) atoms. The molecule has 0 radical (unpaired) electrons. The fourth-order valence-corrected chi connectivity index (χ4v) is 7.70. The van der Waals surface area contributed by atoms with Crippen molar-refractivity contribution in [3.8, 4) is 0 Å². The van der Waals surface area contributed by atoms with Crippen molar-refractivity contribution in [2.45, 2.75) is 63.8 Å². The second-order valence-electron chi connectivity index (χ2n) is 9.86. The smallest absolute Gasteiger partial charge is 0.190 e. The molecule has 0 aromatic heterocycles. The van der Waals surface area contributed by atoms with Gasteiger partial charge in [0.2, 0.25) is 0 Å². The summed E-state index contributed by atoms with van der Waals surface area (Å²) in [7, 11) is 0. The molecule has 5 rings (SSSR count). The molecule has 0 aromatic carbocycles. The van der Waals surface area contributed by atoms with Crippen molar-refractivity contribution in [3.05, 3.63) is 23.8 Å². The van der Waals surface area contributed by atoms with Crippen molar-refractivity contribution < 1.29 is 24.5 Å². The number of aliphatic hydroxyl groups excluding tert-OH is 1. The van der Waals surface area contributed by atoms with Crippen LogP contribution in [0.4, 0.5) is 0 Å². The molecule has 0 amide bonds. The number of ether oxygens (including phenoxy) is 1. The predicted molar refractivity (Wildman–Crippen MR) is 97.7 cm³/mol. The van der Waals surface area contributed by atoms with Crippen LogP contribution < -0.4 is 0 Å². The Balaban J connectivity index is 1.60. The van der Waals surface area contributed by atoms with Gasteiger partial charge in [0.1, 0.15) is 17.8 Å². The van der Waals surface area contributed by atoms with E-state index < -0.39 is 23.4 Å². The molecule has 4 fully saturated rings. The summed E-state index contributed by atoms with van der Waals surface area (Å²) in [4.78, 5) is 24.5. The van der Waals surface area contributed by atoms with Crippen LogP contribution in [0.2, 0.25) is 0 Å². The van der Waals surface area contributed by atoms with E-state index in [1.807, 2.05) is 19.9 Å². The summed E-state index contributed by atoms with van der Waals surface area (Å²) < 4.78 is 6.43. The van der Waals surface area contributed by atoms with E-state index >= 15 is 0 Å². The Hall–Kier alpha value is -1.30. The first-order chi connectivity index (χ1) is 12.6. The number of epoxide rings is 1. The lowest BCUT2D eigenvalue weighted by Gasteiger charge is -2.55. The van der Waals surface area contributed by atoms with Crippen molar-refractivity contribution in [1.82, 2.24) is 0 Å². The standard InChI is InChI=1S/C22H28O5/c1-12-8-16-15-5-4-13-9-14(24)6-7-19(13,2)22(15)18(27-22)10-20(16,3)21(12,26)17(25)11-23/h6-7,9,12,15-16,18,23,26H,4-5,8,10-11H2,1-3H3/t12-,15?,16?,18?,19+,20+,21+,22?/m1/s1. The van der Waals surface area contributed by atoms with Crippen molar-refractivity contribution in [2.24, 2.45) is 28.6 Å². The summed E-state index contributed by atoms with van der Waals surface area (Å²) in [6.07, 6.45) is 8.58. The molecule has 146 valence electrons. The van der Waals surface area contributed by atoms with Crippen molar-refractivity contribution >= 4 is 11.6 Å². The Kier molecular flexibility index (Phi) is 3.29. The predicted octanol–water partition coefficient (Wildman–Crippen LogP) is 1.96. The van der Waals surface area contributed by atoms with Crippen LogP contribution in [0.3, 0.4) is 0 Å². The van der Waals surface area contributed by atoms with Gasteiger partial charge in [-0.1, -0.05) is 25.5 Å². The number of fused-ring (bicyclic) bond motifs is 3. The fraction of sp³-hybridized carbons (Fsp3) is 0.727. The molecule has 5 heteroatoms. The number of carbonyl (C=O) groups excluding carboxylic acids is 2. The molecule has 5 nitrogen and oxygen atoms in total. The highest BCUT2D eigenvalue weighted by Crippen LogP contribution is 2.76. The van der Waals surface area contributed by atoms with Crippen LogP contribution in [0, 0.1) is 28.6 Å². The van der Waals surface area contributed by atoms with E-state index in [0.717, 1.165) is 24.8 Å². The summed E-state index contributed by atoms with van der Waals surface area (Å²) in [5.41, 5.74) is -1.55. The van der Waals surface area contributed by atoms with E-state index in [9.17, 15) is 19.8 Å². The minimum atomic E-state index is -1.50. The molecule has 1 spiro atoms. The molecular weight excluding hydrogens is 344 g/mol. The zero-order valence-electron chi connectivity index (χ0n) is 16.2. The average Bonchev–Trinajstić information content (AvgIpc) is 3.31. The van der Waals surface area contributed by atoms with Crippen LogP contribution in [-0.2, 0) is 14.3 Å². The number of aliphatic hydroxyl groups is 2. The largest absolute Gasteiger partial charge is 0.388 e. The van der Waals surface area contributed by atoms with Gasteiger partial charge < -0.3 is 14.9 Å². The van der Waals surface area contributed by atoms with Gasteiger partial charge in [0, 0.05) is 10.8 Å². The van der Waals surface area contributed by atoms with Gasteiger partial charge in [-0.25, -0.2) is 0 Å². The fourth-order valence-electron chi connectivity index (χ4n) is 7.70. The second-order valence-corrected chi connectivity index (χ2v) is 9.86. The van der Waals surface area contributed by atoms with Crippen molar-refractivity contribution in [3.63, 3.8) is 0 Å². The maximum absolute atomic E-state index is 12.6. The van der Waals surface area contributed by atoms with Crippen molar-refractivity contribution in [2.75, 3.05) is 6.61 Å². The third-order valence-corrected chi connectivity index (χ3v) is 9.08. The number of ketones is 2. The molecule has 8 atom stereocenters. The minimum absolute atomic E-state index is 0.0291. The van der Waals surface area contributed by atoms with Gasteiger partial charge in [-0.3, -0.25) is 9.59 Å². The highest BCUT2D eigenvalue weighted by atomic mass is 16.6. The van der Waals surface area contributed by atoms with E-state index in [-0.39, 0.29) is 40.7 Å². The normalized spacial score (nSPS) is 55.1. The molecule has 0 bridgehead atoms. The number of allylic oxidation sites excluding steroid dienone is 2. The first kappa shape index (κ1) is 17.8. The van der Waals surface area contributed by atoms with Crippen molar-refractivity contribution in [1.29, 1.82) is 0 Å². The lowest BCUT2D eigenvalue weighted by molar-refractivity contribution is -0.165. The highest BCUT2D eigenvalue weighted by Gasteiger charge is 2.81. The number of carbonyl (C=O) groups is 2. The molecular formula is C22H28O5. The van der Waals surface area contributed by atoms with Gasteiger partial charge in [0.25, 0.3) is 0 Å². The van der Waals surface area contributed by atoms with Crippen LogP contribution in [0.1, 0.15) is 46.5 Å². The third kappa shape index (κ3) is 1.73. The van der Waals surface area contributed by atoms with Gasteiger partial charge >= 0.3 is 0 Å². The minimum Gasteiger partial charge on any atom is -0.388 e. The Labute approximate surface area is 159 Å². The van der Waals surface area contributed by atoms with E-state index in [1.54, 1.807) is 12.2 Å². The number of rotatable bonds is 2. The van der Waals surface area contributed by atoms with E-state index in [1.165, 1.54) is 0 Å². The Bertz CT molecular complexity index is 814. The lowest BCUT2D eigenvalue weighted by Crippen LogP contribution is -2.62. The monoisotopic (exact) mass is 372 g/mol. The maximum atomic E-state index is 12.6. The van der Waals surface area contributed by atoms with Crippen LogP contribution in [0.5, 0.6) is 0 Å². The number of hydrogen-bond acceptors (Lipinski definition) is 5. The Morgan fingerprint density at radius 3 is 2.78 bits per heavy atom. The van der Waals surface area contributed by atoms with Crippen LogP contribution in [-0.4, -0.2) is 45.7 Å². The summed E-state index contributed by atoms with van der Waals surface area (Å²) >= 11 is 0. The van der Waals surface area contributed by atoms with Gasteiger partial charge in [-0.15, -0.1) is 0 Å². The topological polar surface area (TPSA) is 87.1 Å².